The van der Waals surface area contributed by atoms with Crippen LogP contribution in [0.25, 0.3) is 6.08 Å². The van der Waals surface area contributed by atoms with Gasteiger partial charge in [0.2, 0.25) is 0 Å². The third-order valence-electron chi connectivity index (χ3n) is 3.71. The van der Waals surface area contributed by atoms with Gasteiger partial charge >= 0.3 is 0 Å². The summed E-state index contributed by atoms with van der Waals surface area (Å²) in [6.07, 6.45) is 1.77. The summed E-state index contributed by atoms with van der Waals surface area (Å²) >= 11 is 0. The molecule has 1 atom stereocenters. The number of ether oxygens (including phenoxy) is 1. The van der Waals surface area contributed by atoms with Gasteiger partial charge in [-0.2, -0.15) is 0 Å². The van der Waals surface area contributed by atoms with Crippen molar-refractivity contribution in [3.63, 3.8) is 0 Å². The summed E-state index contributed by atoms with van der Waals surface area (Å²) in [6, 6.07) is 10.6. The number of hydrogen-bond acceptors (Lipinski definition) is 2. The Morgan fingerprint density at radius 3 is 2.74 bits per heavy atom. The van der Waals surface area contributed by atoms with Gasteiger partial charge in [-0.15, -0.1) is 0 Å². The first-order valence-electron chi connectivity index (χ1n) is 7.23. The molecule has 2 aromatic carbocycles. The molecule has 0 aromatic heterocycles. The van der Waals surface area contributed by atoms with E-state index in [-0.39, 0.29) is 12.5 Å². The maximum atomic E-state index is 13.3. The van der Waals surface area contributed by atoms with Crippen LogP contribution in [-0.2, 0) is 4.79 Å². The highest BCUT2D eigenvalue weighted by Gasteiger charge is 2.19. The van der Waals surface area contributed by atoms with Gasteiger partial charge in [-0.3, -0.25) is 4.79 Å². The Bertz CT molecular complexity index is 786. The fraction of sp³-hybridized carbons (Fsp3) is 0.167. The van der Waals surface area contributed by atoms with Gasteiger partial charge in [0.1, 0.15) is 12.4 Å². The molecular weight excluding hydrogens is 300 g/mol. The van der Waals surface area contributed by atoms with Crippen molar-refractivity contribution in [3.8, 4) is 5.75 Å². The van der Waals surface area contributed by atoms with E-state index >= 15 is 0 Å². The van der Waals surface area contributed by atoms with Gasteiger partial charge in [-0.1, -0.05) is 24.3 Å². The molecule has 5 heteroatoms. The molecule has 3 nitrogen and oxygen atoms in total. The summed E-state index contributed by atoms with van der Waals surface area (Å²) in [5.74, 6) is -1.40. The van der Waals surface area contributed by atoms with E-state index < -0.39 is 17.7 Å². The second-order valence-electron chi connectivity index (χ2n) is 5.36. The number of fused-ring (bicyclic) bond motifs is 1. The molecule has 3 rings (SSSR count). The number of amides is 1. The van der Waals surface area contributed by atoms with E-state index in [4.69, 9.17) is 4.74 Å². The van der Waals surface area contributed by atoms with Crippen molar-refractivity contribution in [2.45, 2.75) is 13.0 Å². The first-order chi connectivity index (χ1) is 11.0. The molecule has 0 saturated carbocycles. The SMILES string of the molecule is CC(NC(=O)C1=Cc2ccccc2OC1)c1ccc(F)c(F)c1. The molecule has 1 N–H and O–H groups in total. The minimum Gasteiger partial charge on any atom is -0.488 e. The average molecular weight is 315 g/mol. The zero-order valence-electron chi connectivity index (χ0n) is 12.5. The summed E-state index contributed by atoms with van der Waals surface area (Å²) in [7, 11) is 0. The van der Waals surface area contributed by atoms with Crippen LogP contribution in [-0.4, -0.2) is 12.5 Å². The number of hydrogen-bond donors (Lipinski definition) is 1. The Kier molecular flexibility index (Phi) is 4.10. The maximum Gasteiger partial charge on any atom is 0.251 e. The quantitative estimate of drug-likeness (QED) is 0.939. The zero-order chi connectivity index (χ0) is 16.4. The van der Waals surface area contributed by atoms with E-state index in [2.05, 4.69) is 5.32 Å². The average Bonchev–Trinajstić information content (AvgIpc) is 2.56. The van der Waals surface area contributed by atoms with E-state index in [1.54, 1.807) is 13.0 Å². The molecule has 0 aliphatic carbocycles. The summed E-state index contributed by atoms with van der Waals surface area (Å²) in [6.45, 7) is 1.89. The molecule has 1 aliphatic rings. The second kappa shape index (κ2) is 6.20. The lowest BCUT2D eigenvalue weighted by Crippen LogP contribution is -2.31. The van der Waals surface area contributed by atoms with Crippen LogP contribution in [0.5, 0.6) is 5.75 Å². The van der Waals surface area contributed by atoms with Crippen LogP contribution in [0, 0.1) is 11.6 Å². The Morgan fingerprint density at radius 2 is 1.96 bits per heavy atom. The van der Waals surface area contributed by atoms with E-state index in [1.165, 1.54) is 6.07 Å². The molecular formula is C18H15F2NO2. The van der Waals surface area contributed by atoms with Crippen molar-refractivity contribution >= 4 is 12.0 Å². The minimum absolute atomic E-state index is 0.174. The van der Waals surface area contributed by atoms with Gasteiger partial charge in [0.05, 0.1) is 11.6 Å². The molecule has 23 heavy (non-hydrogen) atoms. The first kappa shape index (κ1) is 15.2. The number of carbonyl (C=O) groups is 1. The van der Waals surface area contributed by atoms with Gasteiger partial charge in [0, 0.05) is 5.56 Å². The van der Waals surface area contributed by atoms with Crippen LogP contribution < -0.4 is 10.1 Å². The van der Waals surface area contributed by atoms with Crippen LogP contribution in [0.4, 0.5) is 8.78 Å². The maximum absolute atomic E-state index is 13.3. The van der Waals surface area contributed by atoms with E-state index in [9.17, 15) is 13.6 Å². The van der Waals surface area contributed by atoms with Crippen molar-refractivity contribution in [1.29, 1.82) is 0 Å². The van der Waals surface area contributed by atoms with Crippen molar-refractivity contribution < 1.29 is 18.3 Å². The largest absolute Gasteiger partial charge is 0.488 e. The normalized spacial score (nSPS) is 14.3. The van der Waals surface area contributed by atoms with Crippen LogP contribution >= 0.6 is 0 Å². The van der Waals surface area contributed by atoms with Gasteiger partial charge in [0.15, 0.2) is 11.6 Å². The van der Waals surface area contributed by atoms with Crippen LogP contribution in [0.2, 0.25) is 0 Å². The Balaban J connectivity index is 1.74. The lowest BCUT2D eigenvalue weighted by Gasteiger charge is -2.20. The van der Waals surface area contributed by atoms with Crippen LogP contribution in [0.3, 0.4) is 0 Å². The molecule has 0 spiro atoms. The molecule has 0 bridgehead atoms. The van der Waals surface area contributed by atoms with Crippen molar-refractivity contribution in [2.24, 2.45) is 0 Å². The molecule has 0 saturated heterocycles. The van der Waals surface area contributed by atoms with Crippen LogP contribution in [0.15, 0.2) is 48.0 Å². The number of rotatable bonds is 3. The van der Waals surface area contributed by atoms with E-state index in [0.29, 0.717) is 11.1 Å². The lowest BCUT2D eigenvalue weighted by atomic mass is 10.1. The fourth-order valence-electron chi connectivity index (χ4n) is 2.40. The van der Waals surface area contributed by atoms with E-state index in [1.807, 2.05) is 24.3 Å². The molecule has 1 heterocycles. The van der Waals surface area contributed by atoms with Crippen molar-refractivity contribution in [1.82, 2.24) is 5.32 Å². The van der Waals surface area contributed by atoms with Crippen molar-refractivity contribution in [3.05, 3.63) is 70.8 Å². The predicted octanol–water partition coefficient (Wildman–Crippen LogP) is 3.62. The molecule has 0 fully saturated rings. The number of carbonyl (C=O) groups excluding carboxylic acids is 1. The third kappa shape index (κ3) is 3.23. The topological polar surface area (TPSA) is 38.3 Å². The second-order valence-corrected chi connectivity index (χ2v) is 5.36. The Morgan fingerprint density at radius 1 is 1.17 bits per heavy atom. The van der Waals surface area contributed by atoms with Gasteiger partial charge < -0.3 is 10.1 Å². The minimum atomic E-state index is -0.933. The van der Waals surface area contributed by atoms with Crippen molar-refractivity contribution in [2.75, 3.05) is 6.61 Å². The summed E-state index contributed by atoms with van der Waals surface area (Å²) in [4.78, 5) is 12.3. The molecule has 1 aliphatic heterocycles. The Hall–Kier alpha value is -2.69. The number of halogens is 2. The van der Waals surface area contributed by atoms with Gasteiger partial charge in [-0.25, -0.2) is 8.78 Å². The van der Waals surface area contributed by atoms with Gasteiger partial charge in [-0.05, 0) is 36.8 Å². The molecule has 1 unspecified atom stereocenters. The zero-order valence-corrected chi connectivity index (χ0v) is 12.5. The smallest absolute Gasteiger partial charge is 0.251 e. The monoisotopic (exact) mass is 315 g/mol. The summed E-state index contributed by atoms with van der Waals surface area (Å²) in [5, 5.41) is 2.77. The third-order valence-corrected chi connectivity index (χ3v) is 3.71. The van der Waals surface area contributed by atoms with Crippen LogP contribution in [0.1, 0.15) is 24.1 Å². The number of para-hydroxylation sites is 1. The summed E-state index contributed by atoms with van der Waals surface area (Å²) in [5.41, 5.74) is 1.82. The Labute approximate surface area is 132 Å². The van der Waals surface area contributed by atoms with E-state index in [0.717, 1.165) is 23.4 Å². The molecule has 2 aromatic rings. The molecule has 118 valence electrons. The number of benzene rings is 2. The fourth-order valence-corrected chi connectivity index (χ4v) is 2.40. The molecule has 1 amide bonds. The standard InChI is InChI=1S/C18H15F2NO2/c1-11(12-6-7-15(19)16(20)9-12)21-18(22)14-8-13-4-2-3-5-17(13)23-10-14/h2-9,11H,10H2,1H3,(H,21,22). The predicted molar refractivity (Wildman–Crippen MR) is 82.8 cm³/mol. The molecule has 0 radical (unpaired) electrons. The number of nitrogens with one attached hydrogen (secondary N) is 1. The van der Waals surface area contributed by atoms with Gasteiger partial charge in [0.25, 0.3) is 5.91 Å². The summed E-state index contributed by atoms with van der Waals surface area (Å²) < 4.78 is 31.8. The lowest BCUT2D eigenvalue weighted by molar-refractivity contribution is -0.118. The highest BCUT2D eigenvalue weighted by atomic mass is 19.2. The highest BCUT2D eigenvalue weighted by Crippen LogP contribution is 2.26. The highest BCUT2D eigenvalue weighted by molar-refractivity contribution is 5.99. The first-order valence-corrected chi connectivity index (χ1v) is 7.23.